The van der Waals surface area contributed by atoms with E-state index in [1.807, 2.05) is 0 Å². The summed E-state index contributed by atoms with van der Waals surface area (Å²) < 4.78 is 5.43. The average Bonchev–Trinajstić information content (AvgIpc) is 2.64. The van der Waals surface area contributed by atoms with Crippen LogP contribution in [0.2, 0.25) is 0 Å². The van der Waals surface area contributed by atoms with Crippen LogP contribution in [0.5, 0.6) is 0 Å². The summed E-state index contributed by atoms with van der Waals surface area (Å²) in [5, 5.41) is 3.47. The highest BCUT2D eigenvalue weighted by Crippen LogP contribution is 2.18. The highest BCUT2D eigenvalue weighted by atomic mass is 35.5. The molecule has 4 heteroatoms. The van der Waals surface area contributed by atoms with Gasteiger partial charge in [-0.1, -0.05) is 0 Å². The Morgan fingerprint density at radius 2 is 1.93 bits per heavy atom. The number of piperazine rings is 1. The second kappa shape index (κ2) is 6.04. The average molecular weight is 235 g/mol. The predicted molar refractivity (Wildman–Crippen MR) is 64.7 cm³/mol. The maximum absolute atomic E-state index is 5.43. The molecule has 0 spiro atoms. The standard InChI is InChI=1S/C11H22N2O.ClH/c1-9-5-12-6-10(2)13(9)7-11-3-4-14-8-11;/h9-12H,3-8H2,1-2H3;1H/t9-,10+,11?;. The van der Waals surface area contributed by atoms with Gasteiger partial charge in [0.25, 0.3) is 0 Å². The van der Waals surface area contributed by atoms with Crippen LogP contribution in [0.4, 0.5) is 0 Å². The molecule has 2 aliphatic heterocycles. The summed E-state index contributed by atoms with van der Waals surface area (Å²) in [6.07, 6.45) is 1.25. The highest BCUT2D eigenvalue weighted by molar-refractivity contribution is 5.85. The van der Waals surface area contributed by atoms with E-state index in [-0.39, 0.29) is 12.4 Å². The highest BCUT2D eigenvalue weighted by Gasteiger charge is 2.28. The predicted octanol–water partition coefficient (Wildman–Crippen LogP) is 1.13. The van der Waals surface area contributed by atoms with Crippen molar-refractivity contribution in [2.75, 3.05) is 32.8 Å². The van der Waals surface area contributed by atoms with E-state index in [1.165, 1.54) is 13.0 Å². The number of hydrogen-bond donors (Lipinski definition) is 1. The Morgan fingerprint density at radius 1 is 1.27 bits per heavy atom. The number of hydrogen-bond acceptors (Lipinski definition) is 3. The number of nitrogens with zero attached hydrogens (tertiary/aromatic N) is 1. The first kappa shape index (κ1) is 13.2. The Hall–Kier alpha value is 0.170. The summed E-state index contributed by atoms with van der Waals surface area (Å²) in [5.41, 5.74) is 0. The van der Waals surface area contributed by atoms with Gasteiger partial charge >= 0.3 is 0 Å². The molecule has 0 aromatic heterocycles. The number of ether oxygens (including phenoxy) is 1. The third-order valence-electron chi connectivity index (χ3n) is 3.50. The van der Waals surface area contributed by atoms with E-state index in [9.17, 15) is 0 Å². The molecule has 2 rings (SSSR count). The van der Waals surface area contributed by atoms with E-state index < -0.39 is 0 Å². The van der Waals surface area contributed by atoms with Crippen LogP contribution in [0.3, 0.4) is 0 Å². The van der Waals surface area contributed by atoms with Gasteiger partial charge in [-0.25, -0.2) is 0 Å². The summed E-state index contributed by atoms with van der Waals surface area (Å²) >= 11 is 0. The van der Waals surface area contributed by atoms with E-state index in [0.717, 1.165) is 32.2 Å². The van der Waals surface area contributed by atoms with Gasteiger partial charge in [0.15, 0.2) is 0 Å². The first-order valence-electron chi connectivity index (χ1n) is 5.81. The van der Waals surface area contributed by atoms with Crippen LogP contribution >= 0.6 is 12.4 Å². The third-order valence-corrected chi connectivity index (χ3v) is 3.50. The molecule has 2 fully saturated rings. The van der Waals surface area contributed by atoms with E-state index in [4.69, 9.17) is 4.74 Å². The van der Waals surface area contributed by atoms with Crippen molar-refractivity contribution in [2.45, 2.75) is 32.4 Å². The van der Waals surface area contributed by atoms with Crippen molar-refractivity contribution >= 4 is 12.4 Å². The minimum Gasteiger partial charge on any atom is -0.381 e. The van der Waals surface area contributed by atoms with Crippen molar-refractivity contribution in [1.29, 1.82) is 0 Å². The minimum absolute atomic E-state index is 0. The van der Waals surface area contributed by atoms with Crippen molar-refractivity contribution in [1.82, 2.24) is 10.2 Å². The SMILES string of the molecule is C[C@@H]1CNC[C@H](C)N1CC1CCOC1.Cl. The van der Waals surface area contributed by atoms with Crippen LogP contribution in [-0.2, 0) is 4.74 Å². The van der Waals surface area contributed by atoms with E-state index in [0.29, 0.717) is 12.1 Å². The molecule has 2 heterocycles. The number of rotatable bonds is 2. The number of nitrogens with one attached hydrogen (secondary N) is 1. The van der Waals surface area contributed by atoms with Gasteiger partial charge in [-0.05, 0) is 26.2 Å². The summed E-state index contributed by atoms with van der Waals surface area (Å²) in [5.74, 6) is 0.776. The second-order valence-corrected chi connectivity index (χ2v) is 4.78. The van der Waals surface area contributed by atoms with Crippen molar-refractivity contribution in [3.05, 3.63) is 0 Å². The maximum Gasteiger partial charge on any atom is 0.0507 e. The smallest absolute Gasteiger partial charge is 0.0507 e. The second-order valence-electron chi connectivity index (χ2n) is 4.78. The van der Waals surface area contributed by atoms with Crippen LogP contribution in [0.1, 0.15) is 20.3 Å². The molecule has 0 amide bonds. The molecule has 0 bridgehead atoms. The zero-order valence-corrected chi connectivity index (χ0v) is 10.6. The van der Waals surface area contributed by atoms with Crippen molar-refractivity contribution in [2.24, 2.45) is 5.92 Å². The molecule has 3 nitrogen and oxygen atoms in total. The monoisotopic (exact) mass is 234 g/mol. The van der Waals surface area contributed by atoms with Gasteiger partial charge < -0.3 is 10.1 Å². The summed E-state index contributed by atoms with van der Waals surface area (Å²) in [7, 11) is 0. The fraction of sp³-hybridized carbons (Fsp3) is 1.00. The Labute approximate surface area is 99.0 Å². The lowest BCUT2D eigenvalue weighted by Gasteiger charge is -2.40. The fourth-order valence-electron chi connectivity index (χ4n) is 2.56. The number of halogens is 1. The van der Waals surface area contributed by atoms with Crippen LogP contribution in [0.15, 0.2) is 0 Å². The molecule has 0 aromatic rings. The van der Waals surface area contributed by atoms with Gasteiger partial charge in [0.2, 0.25) is 0 Å². The van der Waals surface area contributed by atoms with E-state index >= 15 is 0 Å². The zero-order valence-electron chi connectivity index (χ0n) is 9.74. The Balaban J connectivity index is 0.00000112. The molecule has 1 unspecified atom stereocenters. The normalized spacial score (nSPS) is 37.6. The van der Waals surface area contributed by atoms with Gasteiger partial charge in [-0.3, -0.25) is 4.90 Å². The molecule has 0 aliphatic carbocycles. The van der Waals surface area contributed by atoms with Gasteiger partial charge in [0.1, 0.15) is 0 Å². The third kappa shape index (κ3) is 3.31. The van der Waals surface area contributed by atoms with Gasteiger partial charge in [-0.2, -0.15) is 0 Å². The van der Waals surface area contributed by atoms with E-state index in [2.05, 4.69) is 24.1 Å². The van der Waals surface area contributed by atoms with Crippen LogP contribution < -0.4 is 5.32 Å². The fourth-order valence-corrected chi connectivity index (χ4v) is 2.56. The largest absolute Gasteiger partial charge is 0.381 e. The van der Waals surface area contributed by atoms with E-state index in [1.54, 1.807) is 0 Å². The summed E-state index contributed by atoms with van der Waals surface area (Å²) in [6.45, 7) is 10.1. The van der Waals surface area contributed by atoms with Crippen molar-refractivity contribution in [3.8, 4) is 0 Å². The molecule has 0 aromatic carbocycles. The molecular formula is C11H23ClN2O. The molecular weight excluding hydrogens is 212 g/mol. The van der Waals surface area contributed by atoms with Gasteiger partial charge in [0.05, 0.1) is 6.61 Å². The topological polar surface area (TPSA) is 24.5 Å². The molecule has 1 N–H and O–H groups in total. The molecule has 15 heavy (non-hydrogen) atoms. The Bertz CT molecular complexity index is 175. The van der Waals surface area contributed by atoms with Crippen LogP contribution in [-0.4, -0.2) is 49.8 Å². The summed E-state index contributed by atoms with van der Waals surface area (Å²) in [4.78, 5) is 2.63. The van der Waals surface area contributed by atoms with Crippen LogP contribution in [0, 0.1) is 5.92 Å². The molecule has 0 saturated carbocycles. The minimum atomic E-state index is 0. The van der Waals surface area contributed by atoms with Crippen molar-refractivity contribution in [3.63, 3.8) is 0 Å². The lowest BCUT2D eigenvalue weighted by Crippen LogP contribution is -2.56. The first-order valence-corrected chi connectivity index (χ1v) is 5.81. The molecule has 2 aliphatic rings. The molecule has 0 radical (unpaired) electrons. The first-order chi connectivity index (χ1) is 6.77. The lowest BCUT2D eigenvalue weighted by atomic mass is 10.0. The van der Waals surface area contributed by atoms with Crippen LogP contribution in [0.25, 0.3) is 0 Å². The Kier molecular flexibility index (Phi) is 5.33. The zero-order chi connectivity index (χ0) is 9.97. The molecule has 2 saturated heterocycles. The maximum atomic E-state index is 5.43. The lowest BCUT2D eigenvalue weighted by molar-refractivity contribution is 0.0897. The molecule has 90 valence electrons. The van der Waals surface area contributed by atoms with Crippen molar-refractivity contribution < 1.29 is 4.74 Å². The molecule has 3 atom stereocenters. The van der Waals surface area contributed by atoms with Gasteiger partial charge in [0, 0.05) is 38.3 Å². The Morgan fingerprint density at radius 3 is 2.47 bits per heavy atom. The van der Waals surface area contributed by atoms with Gasteiger partial charge in [-0.15, -0.1) is 12.4 Å². The quantitative estimate of drug-likeness (QED) is 0.775. The summed E-state index contributed by atoms with van der Waals surface area (Å²) in [6, 6.07) is 1.36.